The summed E-state index contributed by atoms with van der Waals surface area (Å²) >= 11 is 1.61. The third-order valence-corrected chi connectivity index (χ3v) is 3.85. The van der Waals surface area contributed by atoms with E-state index in [0.29, 0.717) is 5.69 Å². The molecule has 0 radical (unpaired) electrons. The minimum atomic E-state index is -1.03. The predicted molar refractivity (Wildman–Crippen MR) is 89.4 cm³/mol. The van der Waals surface area contributed by atoms with Crippen LogP contribution in [0.3, 0.4) is 0 Å². The molecule has 0 aliphatic rings. The molecule has 0 amide bonds. The fourth-order valence-electron chi connectivity index (χ4n) is 2.16. The Morgan fingerprint density at radius 3 is 2.82 bits per heavy atom. The van der Waals surface area contributed by atoms with Gasteiger partial charge in [0.05, 0.1) is 17.9 Å². The summed E-state index contributed by atoms with van der Waals surface area (Å²) in [5.41, 5.74) is 2.72. The number of hydrogen-bond acceptors (Lipinski definition) is 4. The van der Waals surface area contributed by atoms with E-state index in [2.05, 4.69) is 37.2 Å². The molecule has 3 aromatic heterocycles. The van der Waals surface area contributed by atoms with Crippen LogP contribution in [0.1, 0.15) is 19.5 Å². The van der Waals surface area contributed by atoms with Crippen molar-refractivity contribution in [2.45, 2.75) is 19.4 Å². The largest absolute Gasteiger partial charge is 0.378 e. The number of fused-ring (bicyclic) bond motifs is 1. The standard InChI is InChI=1S/C16H16N4OS/c1-16(2,21)5-4-12-6-13-14(11-7-18-19-8-11)10-20(22-3)15(13)9-17-12/h6-10,21H,1-3H3,(H,18,19). The molecule has 5 nitrogen and oxygen atoms in total. The van der Waals surface area contributed by atoms with E-state index in [4.69, 9.17) is 0 Å². The Balaban J connectivity index is 2.17. The Bertz CT molecular complexity index is 863. The third kappa shape index (κ3) is 2.86. The second-order valence-electron chi connectivity index (χ2n) is 5.43. The van der Waals surface area contributed by atoms with Gasteiger partial charge >= 0.3 is 0 Å². The number of hydrogen-bond donors (Lipinski definition) is 2. The van der Waals surface area contributed by atoms with E-state index in [1.807, 2.05) is 24.7 Å². The number of rotatable bonds is 2. The quantitative estimate of drug-likeness (QED) is 0.714. The first-order chi connectivity index (χ1) is 10.5. The van der Waals surface area contributed by atoms with Crippen LogP contribution in [0.5, 0.6) is 0 Å². The van der Waals surface area contributed by atoms with Gasteiger partial charge in [-0.25, -0.2) is 4.98 Å². The van der Waals surface area contributed by atoms with Crippen LogP contribution in [0.4, 0.5) is 0 Å². The van der Waals surface area contributed by atoms with E-state index in [-0.39, 0.29) is 0 Å². The van der Waals surface area contributed by atoms with Gasteiger partial charge in [0.25, 0.3) is 0 Å². The van der Waals surface area contributed by atoms with Crippen LogP contribution in [0.15, 0.2) is 30.9 Å². The molecule has 0 unspecified atom stereocenters. The van der Waals surface area contributed by atoms with Gasteiger partial charge in [-0.15, -0.1) is 0 Å². The van der Waals surface area contributed by atoms with E-state index in [1.54, 1.807) is 32.0 Å². The molecule has 112 valence electrons. The molecule has 0 bridgehead atoms. The van der Waals surface area contributed by atoms with Gasteiger partial charge in [0, 0.05) is 35.2 Å². The molecule has 3 rings (SSSR count). The lowest BCUT2D eigenvalue weighted by molar-refractivity contribution is 0.143. The summed E-state index contributed by atoms with van der Waals surface area (Å²) in [6.07, 6.45) is 9.55. The topological polar surface area (TPSA) is 66.7 Å². The Morgan fingerprint density at radius 2 is 2.18 bits per heavy atom. The van der Waals surface area contributed by atoms with Crippen LogP contribution in [-0.4, -0.2) is 36.1 Å². The van der Waals surface area contributed by atoms with Crippen LogP contribution < -0.4 is 0 Å². The van der Waals surface area contributed by atoms with Crippen molar-refractivity contribution >= 4 is 22.9 Å². The van der Waals surface area contributed by atoms with Crippen LogP contribution in [-0.2, 0) is 0 Å². The number of nitrogens with one attached hydrogen (secondary N) is 1. The van der Waals surface area contributed by atoms with Gasteiger partial charge in [0.2, 0.25) is 0 Å². The fraction of sp³-hybridized carbons (Fsp3) is 0.250. The summed E-state index contributed by atoms with van der Waals surface area (Å²) in [6.45, 7) is 3.30. The Labute approximate surface area is 132 Å². The molecule has 0 fully saturated rings. The SMILES string of the molecule is CSn1cc(-c2cn[nH]c2)c2cc(C#CC(C)(C)O)ncc21. The molecular weight excluding hydrogens is 296 g/mol. The Kier molecular flexibility index (Phi) is 3.69. The van der Waals surface area contributed by atoms with Crippen molar-refractivity contribution in [1.82, 2.24) is 19.2 Å². The third-order valence-electron chi connectivity index (χ3n) is 3.16. The summed E-state index contributed by atoms with van der Waals surface area (Å²) in [4.78, 5) is 4.37. The van der Waals surface area contributed by atoms with Crippen molar-refractivity contribution < 1.29 is 5.11 Å². The molecule has 6 heteroatoms. The maximum absolute atomic E-state index is 9.72. The van der Waals surface area contributed by atoms with Crippen LogP contribution in [0.2, 0.25) is 0 Å². The molecular formula is C16H16N4OS. The second kappa shape index (κ2) is 5.52. The molecule has 2 N–H and O–H groups in total. The molecule has 0 spiro atoms. The molecule has 3 heterocycles. The van der Waals surface area contributed by atoms with Gasteiger partial charge in [0.1, 0.15) is 11.3 Å². The van der Waals surface area contributed by atoms with E-state index in [1.165, 1.54) is 0 Å². The normalized spacial score (nSPS) is 11.5. The lowest BCUT2D eigenvalue weighted by Crippen LogP contribution is -2.14. The van der Waals surface area contributed by atoms with Gasteiger partial charge in [0.15, 0.2) is 0 Å². The highest BCUT2D eigenvalue weighted by molar-refractivity contribution is 7.97. The maximum atomic E-state index is 9.72. The highest BCUT2D eigenvalue weighted by Crippen LogP contribution is 2.32. The molecule has 0 atom stereocenters. The van der Waals surface area contributed by atoms with Gasteiger partial charge in [-0.2, -0.15) is 5.10 Å². The zero-order chi connectivity index (χ0) is 15.7. The van der Waals surface area contributed by atoms with Crippen molar-refractivity contribution in [3.05, 3.63) is 36.5 Å². The smallest absolute Gasteiger partial charge is 0.120 e. The van der Waals surface area contributed by atoms with Crippen molar-refractivity contribution in [3.63, 3.8) is 0 Å². The van der Waals surface area contributed by atoms with Crippen molar-refractivity contribution in [2.75, 3.05) is 6.26 Å². The second-order valence-corrected chi connectivity index (χ2v) is 6.19. The highest BCUT2D eigenvalue weighted by atomic mass is 32.2. The van der Waals surface area contributed by atoms with Crippen molar-refractivity contribution in [2.24, 2.45) is 0 Å². The van der Waals surface area contributed by atoms with Crippen LogP contribution in [0, 0.1) is 11.8 Å². The fourth-order valence-corrected chi connectivity index (χ4v) is 2.71. The molecule has 0 saturated carbocycles. The lowest BCUT2D eigenvalue weighted by atomic mass is 10.1. The van der Waals surface area contributed by atoms with Crippen LogP contribution >= 0.6 is 11.9 Å². The maximum Gasteiger partial charge on any atom is 0.120 e. The lowest BCUT2D eigenvalue weighted by Gasteiger charge is -2.05. The molecule has 0 saturated heterocycles. The molecule has 0 aliphatic carbocycles. The minimum absolute atomic E-state index is 0.637. The zero-order valence-corrected chi connectivity index (χ0v) is 13.4. The number of nitrogens with zero attached hydrogens (tertiary/aromatic N) is 3. The van der Waals surface area contributed by atoms with Gasteiger partial charge in [-0.3, -0.25) is 9.07 Å². The van der Waals surface area contributed by atoms with Gasteiger partial charge < -0.3 is 5.11 Å². The van der Waals surface area contributed by atoms with E-state index < -0.39 is 5.60 Å². The van der Waals surface area contributed by atoms with E-state index in [0.717, 1.165) is 22.0 Å². The first kappa shape index (κ1) is 14.7. The van der Waals surface area contributed by atoms with Gasteiger partial charge in [-0.05, 0) is 37.8 Å². The molecule has 22 heavy (non-hydrogen) atoms. The monoisotopic (exact) mass is 312 g/mol. The number of aliphatic hydroxyl groups is 1. The summed E-state index contributed by atoms with van der Waals surface area (Å²) in [5, 5.41) is 17.6. The molecule has 0 aromatic carbocycles. The zero-order valence-electron chi connectivity index (χ0n) is 12.6. The number of aromatic amines is 1. The van der Waals surface area contributed by atoms with E-state index >= 15 is 0 Å². The first-order valence-electron chi connectivity index (χ1n) is 6.78. The molecule has 3 aromatic rings. The summed E-state index contributed by atoms with van der Waals surface area (Å²) < 4.78 is 2.07. The average Bonchev–Trinajstić information content (AvgIpc) is 3.10. The Morgan fingerprint density at radius 1 is 1.36 bits per heavy atom. The Hall–Kier alpha value is -2.23. The average molecular weight is 312 g/mol. The predicted octanol–water partition coefficient (Wildman–Crippen LogP) is 2.67. The van der Waals surface area contributed by atoms with Gasteiger partial charge in [-0.1, -0.05) is 5.92 Å². The van der Waals surface area contributed by atoms with Crippen molar-refractivity contribution in [3.8, 4) is 23.0 Å². The van der Waals surface area contributed by atoms with Crippen molar-refractivity contribution in [1.29, 1.82) is 0 Å². The van der Waals surface area contributed by atoms with E-state index in [9.17, 15) is 5.11 Å². The number of H-pyrrole nitrogens is 1. The summed E-state index contributed by atoms with van der Waals surface area (Å²) in [7, 11) is 0. The number of aromatic nitrogens is 4. The number of pyridine rings is 1. The van der Waals surface area contributed by atoms with Crippen LogP contribution in [0.25, 0.3) is 22.0 Å². The minimum Gasteiger partial charge on any atom is -0.378 e. The summed E-state index contributed by atoms with van der Waals surface area (Å²) in [5.74, 6) is 5.72. The highest BCUT2D eigenvalue weighted by Gasteiger charge is 2.12. The first-order valence-corrected chi connectivity index (χ1v) is 7.96. The summed E-state index contributed by atoms with van der Waals surface area (Å²) in [6, 6.07) is 1.95. The molecule has 0 aliphatic heterocycles.